The van der Waals surface area contributed by atoms with Crippen LogP contribution in [-0.4, -0.2) is 42.5 Å². The van der Waals surface area contributed by atoms with Crippen LogP contribution in [-0.2, 0) is 24.5 Å². The highest BCUT2D eigenvalue weighted by Crippen LogP contribution is 2.54. The molecule has 0 amide bonds. The summed E-state index contributed by atoms with van der Waals surface area (Å²) in [5.74, 6) is -2.01. The van der Waals surface area contributed by atoms with Gasteiger partial charge in [-0.05, 0) is 60.4 Å². The maximum absolute atomic E-state index is 13.8. The number of hydrogen-bond donors (Lipinski definition) is 1. The van der Waals surface area contributed by atoms with Crippen LogP contribution in [0.15, 0.2) is 76.0 Å². The standard InChI is InChI=1S/C32H35NO7S/c1-19-9-11-22(12-10-19)41(38,39)40-21-8-6-7-20(13-21)28-29-23(14-31(2,3)16-25(29)34)33(18-27(36)37)24-15-32(4,5)17-26(35)30(24)28/h6-13,28H,14-18H2,1-5H3,(H,36,37). The molecule has 0 aromatic heterocycles. The number of allylic oxidation sites excluding steroid dienone is 4. The van der Waals surface area contributed by atoms with Crippen LogP contribution >= 0.6 is 0 Å². The lowest BCUT2D eigenvalue weighted by molar-refractivity contribution is -0.138. The quantitative estimate of drug-likeness (QED) is 0.445. The predicted octanol–water partition coefficient (Wildman–Crippen LogP) is 5.53. The van der Waals surface area contributed by atoms with Crippen molar-refractivity contribution in [3.05, 3.63) is 82.2 Å². The monoisotopic (exact) mass is 577 g/mol. The summed E-state index contributed by atoms with van der Waals surface area (Å²) in [6.45, 7) is 9.42. The molecule has 8 nitrogen and oxygen atoms in total. The Morgan fingerprint density at radius 2 is 1.44 bits per heavy atom. The van der Waals surface area contributed by atoms with Gasteiger partial charge in [-0.1, -0.05) is 57.5 Å². The van der Waals surface area contributed by atoms with Crippen LogP contribution in [0.3, 0.4) is 0 Å². The zero-order valence-corrected chi connectivity index (χ0v) is 24.8. The second-order valence-corrected chi connectivity index (χ2v) is 14.5. The van der Waals surface area contributed by atoms with E-state index >= 15 is 0 Å². The Morgan fingerprint density at radius 3 is 1.95 bits per heavy atom. The first-order chi connectivity index (χ1) is 19.1. The molecule has 0 fully saturated rings. The second-order valence-electron chi connectivity index (χ2n) is 12.9. The van der Waals surface area contributed by atoms with Crippen molar-refractivity contribution in [1.82, 2.24) is 4.90 Å². The first kappa shape index (κ1) is 28.8. The molecule has 216 valence electrons. The number of Topliss-reactive ketones (excluding diaryl/α,β-unsaturated/α-hetero) is 2. The van der Waals surface area contributed by atoms with E-state index in [4.69, 9.17) is 4.18 Å². The lowest BCUT2D eigenvalue weighted by atomic mass is 9.63. The van der Waals surface area contributed by atoms with Crippen molar-refractivity contribution in [2.24, 2.45) is 10.8 Å². The molecule has 5 rings (SSSR count). The molecule has 2 aliphatic carbocycles. The number of nitrogens with zero attached hydrogens (tertiary/aromatic N) is 1. The fourth-order valence-electron chi connectivity index (χ4n) is 6.33. The number of carbonyl (C=O) groups excluding carboxylic acids is 2. The maximum atomic E-state index is 13.8. The van der Waals surface area contributed by atoms with Crippen LogP contribution in [0.25, 0.3) is 0 Å². The third-order valence-corrected chi connectivity index (χ3v) is 9.28. The summed E-state index contributed by atoms with van der Waals surface area (Å²) in [4.78, 5) is 41.3. The predicted molar refractivity (Wildman–Crippen MR) is 153 cm³/mol. The Labute approximate surface area is 240 Å². The van der Waals surface area contributed by atoms with Gasteiger partial charge >= 0.3 is 16.1 Å². The van der Waals surface area contributed by atoms with Gasteiger partial charge in [0.1, 0.15) is 17.2 Å². The van der Waals surface area contributed by atoms with E-state index in [1.165, 1.54) is 18.2 Å². The minimum atomic E-state index is -4.13. The van der Waals surface area contributed by atoms with Crippen LogP contribution < -0.4 is 4.18 Å². The number of carboxylic acids is 1. The Bertz CT molecular complexity index is 1570. The summed E-state index contributed by atoms with van der Waals surface area (Å²) in [7, 11) is -4.13. The van der Waals surface area contributed by atoms with Gasteiger partial charge in [0.05, 0.1) is 0 Å². The van der Waals surface area contributed by atoms with E-state index in [9.17, 15) is 27.9 Å². The maximum Gasteiger partial charge on any atom is 0.339 e. The molecular weight excluding hydrogens is 542 g/mol. The lowest BCUT2D eigenvalue weighted by Crippen LogP contribution is -2.45. The van der Waals surface area contributed by atoms with E-state index in [1.807, 2.05) is 34.6 Å². The van der Waals surface area contributed by atoms with Crippen molar-refractivity contribution in [2.45, 2.75) is 71.1 Å². The third kappa shape index (κ3) is 5.60. The molecule has 1 heterocycles. The molecule has 41 heavy (non-hydrogen) atoms. The molecule has 0 bridgehead atoms. The molecule has 0 unspecified atom stereocenters. The molecule has 1 N–H and O–H groups in total. The third-order valence-electron chi connectivity index (χ3n) is 8.02. The van der Waals surface area contributed by atoms with Crippen molar-refractivity contribution in [2.75, 3.05) is 6.54 Å². The van der Waals surface area contributed by atoms with E-state index in [-0.39, 0.29) is 41.6 Å². The number of rotatable bonds is 6. The van der Waals surface area contributed by atoms with Gasteiger partial charge in [-0.3, -0.25) is 14.4 Å². The van der Waals surface area contributed by atoms with Gasteiger partial charge in [-0.2, -0.15) is 8.42 Å². The SMILES string of the molecule is Cc1ccc(S(=O)(=O)Oc2cccc(C3C4=C(CC(C)(C)CC4=O)N(CC(=O)O)C4=C3C(=O)CC(C)(C)C4)c2)cc1. The number of aryl methyl sites for hydroxylation is 1. The molecule has 0 atom stereocenters. The fraction of sp³-hybridized carbons (Fsp3) is 0.406. The van der Waals surface area contributed by atoms with Crippen molar-refractivity contribution in [3.8, 4) is 5.75 Å². The van der Waals surface area contributed by atoms with Gasteiger partial charge in [0.15, 0.2) is 11.6 Å². The summed E-state index contributed by atoms with van der Waals surface area (Å²) in [6.07, 6.45) is 1.45. The summed E-state index contributed by atoms with van der Waals surface area (Å²) in [6, 6.07) is 12.8. The number of benzene rings is 2. The fourth-order valence-corrected chi connectivity index (χ4v) is 7.26. The van der Waals surface area contributed by atoms with Crippen LogP contribution in [0.1, 0.15) is 70.4 Å². The van der Waals surface area contributed by atoms with Crippen LogP contribution in [0.2, 0.25) is 0 Å². The van der Waals surface area contributed by atoms with Crippen LogP contribution in [0.4, 0.5) is 0 Å². The first-order valence-electron chi connectivity index (χ1n) is 13.7. The molecule has 0 spiro atoms. The van der Waals surface area contributed by atoms with E-state index in [1.54, 1.807) is 35.2 Å². The normalized spacial score (nSPS) is 20.6. The van der Waals surface area contributed by atoms with Crippen LogP contribution in [0, 0.1) is 17.8 Å². The van der Waals surface area contributed by atoms with Gasteiger partial charge in [-0.25, -0.2) is 0 Å². The van der Waals surface area contributed by atoms with Gasteiger partial charge in [0, 0.05) is 41.3 Å². The number of aliphatic carboxylic acids is 1. The average molecular weight is 578 g/mol. The Balaban J connectivity index is 1.67. The van der Waals surface area contributed by atoms with E-state index in [2.05, 4.69) is 0 Å². The van der Waals surface area contributed by atoms with Gasteiger partial charge < -0.3 is 14.2 Å². The molecule has 0 radical (unpaired) electrons. The van der Waals surface area contributed by atoms with Crippen molar-refractivity contribution in [3.63, 3.8) is 0 Å². The molecule has 0 saturated carbocycles. The highest BCUT2D eigenvalue weighted by molar-refractivity contribution is 7.87. The van der Waals surface area contributed by atoms with Gasteiger partial charge in [-0.15, -0.1) is 0 Å². The van der Waals surface area contributed by atoms with Gasteiger partial charge in [0.25, 0.3) is 0 Å². The molecule has 0 saturated heterocycles. The van der Waals surface area contributed by atoms with Crippen molar-refractivity contribution < 1.29 is 32.1 Å². The van der Waals surface area contributed by atoms with Gasteiger partial charge in [0.2, 0.25) is 0 Å². The summed E-state index contributed by atoms with van der Waals surface area (Å²) in [5.41, 5.74) is 2.76. The van der Waals surface area contributed by atoms with Crippen LogP contribution in [0.5, 0.6) is 5.75 Å². The highest BCUT2D eigenvalue weighted by Gasteiger charge is 2.49. The second kappa shape index (κ2) is 9.98. The Hall–Kier alpha value is -3.72. The Morgan fingerprint density at radius 1 is 0.902 bits per heavy atom. The smallest absolute Gasteiger partial charge is 0.339 e. The summed E-state index contributed by atoms with van der Waals surface area (Å²) >= 11 is 0. The number of carbonyl (C=O) groups is 3. The number of hydrogen-bond acceptors (Lipinski definition) is 7. The molecule has 2 aromatic rings. The highest BCUT2D eigenvalue weighted by atomic mass is 32.2. The summed E-state index contributed by atoms with van der Waals surface area (Å²) in [5, 5.41) is 9.84. The average Bonchev–Trinajstić information content (AvgIpc) is 2.83. The first-order valence-corrected chi connectivity index (χ1v) is 15.1. The number of ketones is 2. The van der Waals surface area contributed by atoms with Crippen molar-refractivity contribution in [1.29, 1.82) is 0 Å². The summed E-state index contributed by atoms with van der Waals surface area (Å²) < 4.78 is 31.6. The minimum Gasteiger partial charge on any atom is -0.480 e. The zero-order valence-electron chi connectivity index (χ0n) is 24.0. The largest absolute Gasteiger partial charge is 0.480 e. The van der Waals surface area contributed by atoms with E-state index in [0.717, 1.165) is 5.56 Å². The molecule has 2 aromatic carbocycles. The minimum absolute atomic E-state index is 0.0138. The topological polar surface area (TPSA) is 118 Å². The molecule has 1 aliphatic heterocycles. The zero-order chi connectivity index (χ0) is 29.9. The molecule has 9 heteroatoms. The Kier molecular flexibility index (Phi) is 7.01. The number of carboxylic acid groups (broad SMARTS) is 1. The molecule has 3 aliphatic rings. The van der Waals surface area contributed by atoms with Crippen molar-refractivity contribution >= 4 is 27.7 Å². The van der Waals surface area contributed by atoms with E-state index < -0.39 is 32.8 Å². The van der Waals surface area contributed by atoms with E-state index in [0.29, 0.717) is 40.9 Å². The lowest BCUT2D eigenvalue weighted by Gasteiger charge is -2.48. The molecular formula is C32H35NO7S.